The number of hydrogen-bond acceptors (Lipinski definition) is 15. The van der Waals surface area contributed by atoms with Crippen LogP contribution in [-0.4, -0.2) is 96.7 Å². The first-order valence-corrected chi connectivity index (χ1v) is 42.5. The van der Waals surface area contributed by atoms with Gasteiger partial charge in [-0.3, -0.25) is 37.3 Å². The van der Waals surface area contributed by atoms with Gasteiger partial charge in [0, 0.05) is 25.7 Å². The summed E-state index contributed by atoms with van der Waals surface area (Å²) in [4.78, 5) is 72.9. The first-order valence-electron chi connectivity index (χ1n) is 39.5. The second-order valence-corrected chi connectivity index (χ2v) is 29.2. The van der Waals surface area contributed by atoms with Crippen molar-refractivity contribution in [1.29, 1.82) is 0 Å². The highest BCUT2D eigenvalue weighted by molar-refractivity contribution is 7.47. The van der Waals surface area contributed by atoms with Gasteiger partial charge >= 0.3 is 39.5 Å². The highest BCUT2D eigenvalue weighted by atomic mass is 31.2. The topological polar surface area (TPSA) is 237 Å². The van der Waals surface area contributed by atoms with Gasteiger partial charge in [-0.1, -0.05) is 292 Å². The molecule has 0 rings (SSSR count). The molecule has 0 aliphatic heterocycles. The summed E-state index contributed by atoms with van der Waals surface area (Å²) in [6.07, 6.45) is 76.8. The van der Waals surface area contributed by atoms with E-state index < -0.39 is 97.5 Å². The molecule has 100 heavy (non-hydrogen) atoms. The van der Waals surface area contributed by atoms with Gasteiger partial charge in [-0.2, -0.15) is 0 Å². The van der Waals surface area contributed by atoms with Gasteiger partial charge in [-0.15, -0.1) is 0 Å². The zero-order chi connectivity index (χ0) is 73.2. The standard InChI is InChI=1S/C81H142O17P2/c1-5-9-13-17-21-25-29-33-36-37-40-43-46-50-54-58-62-66-79(84)92-71-76(97-80(85)67-63-59-55-51-47-41-32-28-24-20-16-12-8-4)73-95-99(87,88)93-69-75(82)70-94-100(89,90)96-74-77(98-81(86)68-64-60-56-52-48-44-39-35-31-27-23-19-15-11-7-3)72-91-78(83)65-61-57-53-49-45-42-38-34-30-26-22-18-14-10-6-2/h9,13,16,20-21,25,28,32-34,36,38,40,43,50,54,75-77,82H,5-8,10-12,14-15,17-19,22-24,26-27,29-31,35,37,39,41-42,44-49,51-53,55-74H2,1-4H3,(H,87,88)(H,89,90)/b13-9-,20-16-,25-21-,32-28-,36-33-,38-34-,43-40-,54-50-. The van der Waals surface area contributed by atoms with Crippen molar-refractivity contribution >= 4 is 39.5 Å². The molecule has 578 valence electrons. The average molecular weight is 1450 g/mol. The number of carbonyl (C=O) groups is 4. The first-order chi connectivity index (χ1) is 48.7. The number of unbranched alkanes of at least 4 members (excludes halogenated alkanes) is 32. The Kier molecular flexibility index (Phi) is 70.4. The lowest BCUT2D eigenvalue weighted by Crippen LogP contribution is -2.30. The lowest BCUT2D eigenvalue weighted by molar-refractivity contribution is -0.161. The van der Waals surface area contributed by atoms with Gasteiger partial charge in [0.15, 0.2) is 12.2 Å². The lowest BCUT2D eigenvalue weighted by Gasteiger charge is -2.21. The van der Waals surface area contributed by atoms with Crippen molar-refractivity contribution in [3.63, 3.8) is 0 Å². The predicted octanol–water partition coefficient (Wildman–Crippen LogP) is 22.8. The molecule has 17 nitrogen and oxygen atoms in total. The van der Waals surface area contributed by atoms with E-state index in [4.69, 9.17) is 37.0 Å². The van der Waals surface area contributed by atoms with E-state index in [0.717, 1.165) is 148 Å². The fourth-order valence-corrected chi connectivity index (χ4v) is 12.1. The molecule has 0 aromatic heterocycles. The highest BCUT2D eigenvalue weighted by Crippen LogP contribution is 2.45. The minimum absolute atomic E-state index is 0.0662. The molecule has 0 bridgehead atoms. The third-order valence-electron chi connectivity index (χ3n) is 16.5. The smallest absolute Gasteiger partial charge is 0.462 e. The highest BCUT2D eigenvalue weighted by Gasteiger charge is 2.30. The van der Waals surface area contributed by atoms with Crippen molar-refractivity contribution in [3.05, 3.63) is 97.2 Å². The Bertz CT molecular complexity index is 2270. The number of phosphoric acid groups is 2. The maximum absolute atomic E-state index is 13.1. The van der Waals surface area contributed by atoms with Crippen LogP contribution in [0.25, 0.3) is 0 Å². The quantitative estimate of drug-likeness (QED) is 0.0169. The number of ether oxygens (including phenoxy) is 4. The van der Waals surface area contributed by atoms with E-state index >= 15 is 0 Å². The van der Waals surface area contributed by atoms with Gasteiger partial charge in [-0.25, -0.2) is 9.13 Å². The summed E-state index contributed by atoms with van der Waals surface area (Å²) in [5.41, 5.74) is 0. The Morgan fingerprint density at radius 3 is 0.890 bits per heavy atom. The molecular formula is C81H142O17P2. The van der Waals surface area contributed by atoms with E-state index in [-0.39, 0.29) is 25.7 Å². The maximum atomic E-state index is 13.1. The normalized spacial score (nSPS) is 14.4. The lowest BCUT2D eigenvalue weighted by atomic mass is 10.0. The number of aliphatic hydroxyl groups excluding tert-OH is 1. The van der Waals surface area contributed by atoms with Crippen LogP contribution in [0.1, 0.15) is 336 Å². The SMILES string of the molecule is CC/C=C\C/C=C\C/C=C\C/C=C\C/C=C\CCCC(=O)OCC(COP(=O)(O)OCC(O)COP(=O)(O)OCC(COC(=O)CCCCCCC/C=C\CCCCCCCC)OC(=O)CCCCCCCCCCCCCCCCC)OC(=O)CCCCCCC/C=C\C/C=C\CCC. The van der Waals surface area contributed by atoms with E-state index in [1.54, 1.807) is 0 Å². The maximum Gasteiger partial charge on any atom is 0.472 e. The molecule has 19 heteroatoms. The molecule has 0 aromatic carbocycles. The van der Waals surface area contributed by atoms with Crippen molar-refractivity contribution in [2.75, 3.05) is 39.6 Å². The van der Waals surface area contributed by atoms with Crippen LogP contribution in [0.3, 0.4) is 0 Å². The van der Waals surface area contributed by atoms with Gasteiger partial charge in [0.1, 0.15) is 19.3 Å². The second kappa shape index (κ2) is 73.3. The number of aliphatic hydroxyl groups is 1. The summed E-state index contributed by atoms with van der Waals surface area (Å²) in [6.45, 7) is 4.64. The Morgan fingerprint density at radius 1 is 0.290 bits per heavy atom. The molecule has 0 aliphatic rings. The number of esters is 4. The summed E-state index contributed by atoms with van der Waals surface area (Å²) in [7, 11) is -9.97. The van der Waals surface area contributed by atoms with Gasteiger partial charge in [-0.05, 0) is 116 Å². The average Bonchev–Trinajstić information content (AvgIpc) is 0.965. The molecule has 0 heterocycles. The van der Waals surface area contributed by atoms with Crippen molar-refractivity contribution in [2.24, 2.45) is 0 Å². The molecule has 3 N–H and O–H groups in total. The summed E-state index contributed by atoms with van der Waals surface area (Å²) < 4.78 is 68.5. The largest absolute Gasteiger partial charge is 0.472 e. The summed E-state index contributed by atoms with van der Waals surface area (Å²) in [5.74, 6) is -2.25. The molecule has 5 unspecified atom stereocenters. The van der Waals surface area contributed by atoms with Crippen molar-refractivity contribution in [3.8, 4) is 0 Å². The molecular weight excluding hydrogens is 1310 g/mol. The van der Waals surface area contributed by atoms with Crippen LogP contribution >= 0.6 is 15.6 Å². The third kappa shape index (κ3) is 72.3. The minimum Gasteiger partial charge on any atom is -0.462 e. The van der Waals surface area contributed by atoms with Crippen LogP contribution in [0.2, 0.25) is 0 Å². The Balaban J connectivity index is 5.39. The van der Waals surface area contributed by atoms with Crippen LogP contribution < -0.4 is 0 Å². The van der Waals surface area contributed by atoms with Gasteiger partial charge in [0.2, 0.25) is 0 Å². The fraction of sp³-hybridized carbons (Fsp3) is 0.753. The van der Waals surface area contributed by atoms with Gasteiger partial charge in [0.25, 0.3) is 0 Å². The van der Waals surface area contributed by atoms with Crippen molar-refractivity contribution < 1.29 is 80.2 Å². The van der Waals surface area contributed by atoms with E-state index in [2.05, 4.69) is 113 Å². The van der Waals surface area contributed by atoms with E-state index in [1.807, 2.05) is 12.2 Å². The Morgan fingerprint density at radius 2 is 0.550 bits per heavy atom. The Labute approximate surface area is 607 Å². The molecule has 0 aliphatic carbocycles. The molecule has 0 aromatic rings. The van der Waals surface area contributed by atoms with Crippen LogP contribution in [-0.2, 0) is 65.4 Å². The number of phosphoric ester groups is 2. The molecule has 0 saturated heterocycles. The van der Waals surface area contributed by atoms with Crippen molar-refractivity contribution in [2.45, 2.75) is 354 Å². The third-order valence-corrected chi connectivity index (χ3v) is 18.4. The van der Waals surface area contributed by atoms with E-state index in [1.165, 1.54) is 103 Å². The zero-order valence-corrected chi connectivity index (χ0v) is 64.9. The van der Waals surface area contributed by atoms with Crippen LogP contribution in [0.15, 0.2) is 97.2 Å². The molecule has 5 atom stereocenters. The van der Waals surface area contributed by atoms with E-state index in [0.29, 0.717) is 32.1 Å². The van der Waals surface area contributed by atoms with Crippen LogP contribution in [0, 0.1) is 0 Å². The second-order valence-electron chi connectivity index (χ2n) is 26.3. The molecule has 0 saturated carbocycles. The summed E-state index contributed by atoms with van der Waals surface area (Å²) >= 11 is 0. The minimum atomic E-state index is -4.99. The van der Waals surface area contributed by atoms with Gasteiger partial charge in [0.05, 0.1) is 26.4 Å². The van der Waals surface area contributed by atoms with Crippen LogP contribution in [0.4, 0.5) is 0 Å². The zero-order valence-electron chi connectivity index (χ0n) is 63.1. The molecule has 0 radical (unpaired) electrons. The first kappa shape index (κ1) is 96.0. The van der Waals surface area contributed by atoms with Gasteiger partial charge < -0.3 is 33.8 Å². The molecule has 0 amide bonds. The molecule has 0 fully saturated rings. The number of carbonyl (C=O) groups excluding carboxylic acids is 4. The number of allylic oxidation sites excluding steroid dienone is 16. The fourth-order valence-electron chi connectivity index (χ4n) is 10.5. The number of rotatable bonds is 74. The Hall–Kier alpha value is -4.02. The molecule has 0 spiro atoms. The van der Waals surface area contributed by atoms with E-state index in [9.17, 15) is 43.2 Å². The monoisotopic (exact) mass is 1450 g/mol. The number of hydrogen-bond donors (Lipinski definition) is 3. The predicted molar refractivity (Wildman–Crippen MR) is 409 cm³/mol. The summed E-state index contributed by atoms with van der Waals surface area (Å²) in [5, 5.41) is 10.6. The van der Waals surface area contributed by atoms with Crippen LogP contribution in [0.5, 0.6) is 0 Å². The van der Waals surface area contributed by atoms with Crippen molar-refractivity contribution in [1.82, 2.24) is 0 Å². The summed E-state index contributed by atoms with van der Waals surface area (Å²) in [6, 6.07) is 0.